The van der Waals surface area contributed by atoms with E-state index >= 15 is 0 Å². The van der Waals surface area contributed by atoms with Crippen molar-refractivity contribution in [2.45, 2.75) is 72.1 Å². The van der Waals surface area contributed by atoms with Crippen molar-refractivity contribution in [2.24, 2.45) is 5.41 Å². The minimum absolute atomic E-state index is 0.0930. The summed E-state index contributed by atoms with van der Waals surface area (Å²) in [6.07, 6.45) is 2.02. The van der Waals surface area contributed by atoms with Gasteiger partial charge in [0.05, 0.1) is 12.2 Å². The number of ether oxygens (including phenoxy) is 2. The molecule has 0 bridgehead atoms. The van der Waals surface area contributed by atoms with Crippen molar-refractivity contribution in [3.8, 4) is 17.2 Å². The Morgan fingerprint density at radius 1 is 1.03 bits per heavy atom. The van der Waals surface area contributed by atoms with Gasteiger partial charge in [0.2, 0.25) is 5.78 Å². The quantitative estimate of drug-likeness (QED) is 0.464. The second kappa shape index (κ2) is 7.83. The van der Waals surface area contributed by atoms with Crippen molar-refractivity contribution >= 4 is 17.7 Å². The summed E-state index contributed by atoms with van der Waals surface area (Å²) in [5.41, 5.74) is -1.08. The molecule has 1 fully saturated rings. The third-order valence-electron chi connectivity index (χ3n) is 6.65. The Morgan fingerprint density at radius 2 is 1.66 bits per heavy atom. The maximum atomic E-state index is 13.3. The molecule has 1 saturated carbocycles. The van der Waals surface area contributed by atoms with Gasteiger partial charge < -0.3 is 24.8 Å². The number of aliphatic hydroxyl groups is 1. The van der Waals surface area contributed by atoms with E-state index < -0.39 is 51.7 Å². The Balaban J connectivity index is 2.38. The third-order valence-corrected chi connectivity index (χ3v) is 6.65. The first kappa shape index (κ1) is 23.6. The van der Waals surface area contributed by atoms with Crippen LogP contribution in [0.3, 0.4) is 0 Å². The number of esters is 2. The average Bonchev–Trinajstić information content (AvgIpc) is 2.65. The van der Waals surface area contributed by atoms with E-state index in [0.717, 1.165) is 12.8 Å². The predicted molar refractivity (Wildman–Crippen MR) is 115 cm³/mol. The second-order valence-corrected chi connectivity index (χ2v) is 9.61. The fourth-order valence-electron chi connectivity index (χ4n) is 5.45. The predicted octanol–water partition coefficient (Wildman–Crippen LogP) is 4.17. The third kappa shape index (κ3) is 3.51. The lowest BCUT2D eigenvalue weighted by molar-refractivity contribution is -0.141. The number of phenols is 2. The molecular weight excluding hydrogens is 416 g/mol. The zero-order chi connectivity index (χ0) is 24.2. The van der Waals surface area contributed by atoms with Crippen molar-refractivity contribution in [1.82, 2.24) is 0 Å². The first-order chi connectivity index (χ1) is 14.7. The van der Waals surface area contributed by atoms with Crippen LogP contribution >= 0.6 is 0 Å². The summed E-state index contributed by atoms with van der Waals surface area (Å²) in [5, 5.41) is 33.2. The van der Waals surface area contributed by atoms with Gasteiger partial charge in [0.1, 0.15) is 5.75 Å². The van der Waals surface area contributed by atoms with Crippen LogP contribution in [-0.2, 0) is 19.7 Å². The number of Topliss-reactive ketones (excluding diaryl/α,β-unsaturated/α-hetero) is 1. The highest BCUT2D eigenvalue weighted by molar-refractivity contribution is 6.14. The van der Waals surface area contributed by atoms with Gasteiger partial charge in [0.15, 0.2) is 17.3 Å². The molecular formula is C24H30O8. The Labute approximate surface area is 186 Å². The molecule has 0 amide bonds. The molecule has 3 N–H and O–H groups in total. The Kier molecular flexibility index (Phi) is 5.78. The summed E-state index contributed by atoms with van der Waals surface area (Å²) in [5.74, 6) is -4.44. The molecule has 0 aromatic heterocycles. The molecule has 1 aromatic rings. The molecule has 0 spiro atoms. The van der Waals surface area contributed by atoms with Gasteiger partial charge in [-0.2, -0.15) is 0 Å². The smallest absolute Gasteiger partial charge is 0.308 e. The number of aromatic hydroxyl groups is 2. The van der Waals surface area contributed by atoms with E-state index in [-0.39, 0.29) is 29.0 Å². The first-order valence-electron chi connectivity index (χ1n) is 10.7. The monoisotopic (exact) mass is 446 g/mol. The number of hydrogen-bond donors (Lipinski definition) is 3. The standard InChI is InChI=1S/C24H30O8/c1-11(10-31-12(2)25)14-17(27)15-16(21(19(14)29)32-13(3)26)24(6)9-7-8-23(4,5)22(24)20(30)18(15)28/h11,27,29-30H,7-10H2,1-6H3/t11?,24-/m1/s1. The largest absolute Gasteiger partial charge is 0.507 e. The highest BCUT2D eigenvalue weighted by Gasteiger charge is 2.53. The zero-order valence-corrected chi connectivity index (χ0v) is 19.3. The van der Waals surface area contributed by atoms with Crippen LogP contribution in [0, 0.1) is 5.41 Å². The van der Waals surface area contributed by atoms with Gasteiger partial charge in [-0.1, -0.05) is 34.1 Å². The van der Waals surface area contributed by atoms with Gasteiger partial charge in [-0.25, -0.2) is 0 Å². The van der Waals surface area contributed by atoms with Gasteiger partial charge >= 0.3 is 11.9 Å². The molecule has 2 aliphatic rings. The Hall–Kier alpha value is -3.03. The number of carbonyl (C=O) groups is 3. The van der Waals surface area contributed by atoms with E-state index in [0.29, 0.717) is 12.0 Å². The fourth-order valence-corrected chi connectivity index (χ4v) is 5.45. The van der Waals surface area contributed by atoms with Gasteiger partial charge in [-0.05, 0) is 23.8 Å². The summed E-state index contributed by atoms with van der Waals surface area (Å²) in [6, 6.07) is 0. The zero-order valence-electron chi connectivity index (χ0n) is 19.3. The van der Waals surface area contributed by atoms with E-state index in [1.54, 1.807) is 6.92 Å². The number of ketones is 1. The van der Waals surface area contributed by atoms with E-state index in [2.05, 4.69) is 0 Å². The molecule has 1 aromatic carbocycles. The molecule has 3 rings (SSSR count). The van der Waals surface area contributed by atoms with Crippen LogP contribution in [-0.4, -0.2) is 39.6 Å². The fraction of sp³-hybridized carbons (Fsp3) is 0.542. The topological polar surface area (TPSA) is 130 Å². The molecule has 32 heavy (non-hydrogen) atoms. The summed E-state index contributed by atoms with van der Waals surface area (Å²) < 4.78 is 10.4. The summed E-state index contributed by atoms with van der Waals surface area (Å²) in [4.78, 5) is 36.5. The molecule has 0 heterocycles. The van der Waals surface area contributed by atoms with E-state index in [1.165, 1.54) is 13.8 Å². The maximum absolute atomic E-state index is 13.3. The molecule has 0 saturated heterocycles. The lowest BCUT2D eigenvalue weighted by Gasteiger charge is -2.49. The second-order valence-electron chi connectivity index (χ2n) is 9.61. The molecule has 0 radical (unpaired) electrons. The SMILES string of the molecule is CC(=O)OCC(C)c1c(O)c(OC(C)=O)c2c(c1O)C(=O)C(O)=C1C(C)(C)CCC[C@@]12C. The number of phenolic OH excluding ortho intramolecular Hbond substituents is 2. The van der Waals surface area contributed by atoms with Crippen molar-refractivity contribution in [1.29, 1.82) is 0 Å². The molecule has 0 aliphatic heterocycles. The van der Waals surface area contributed by atoms with Crippen LogP contribution in [0.1, 0.15) is 88.2 Å². The number of aliphatic hydroxyl groups excluding tert-OH is 1. The minimum Gasteiger partial charge on any atom is -0.507 e. The van der Waals surface area contributed by atoms with Gasteiger partial charge in [-0.3, -0.25) is 14.4 Å². The highest BCUT2D eigenvalue weighted by atomic mass is 16.5. The molecule has 1 unspecified atom stereocenters. The molecule has 174 valence electrons. The van der Waals surface area contributed by atoms with Crippen LogP contribution in [0.15, 0.2) is 11.3 Å². The molecule has 8 nitrogen and oxygen atoms in total. The van der Waals surface area contributed by atoms with Crippen LogP contribution in [0.25, 0.3) is 0 Å². The normalized spacial score (nSPS) is 22.6. The van der Waals surface area contributed by atoms with E-state index in [9.17, 15) is 29.7 Å². The van der Waals surface area contributed by atoms with Gasteiger partial charge in [0, 0.05) is 36.3 Å². The molecule has 2 aliphatic carbocycles. The lowest BCUT2D eigenvalue weighted by Crippen LogP contribution is -2.44. The number of allylic oxidation sites excluding steroid dienone is 2. The van der Waals surface area contributed by atoms with Gasteiger partial charge in [0.25, 0.3) is 0 Å². The number of rotatable bonds is 4. The lowest BCUT2D eigenvalue weighted by atomic mass is 9.54. The summed E-state index contributed by atoms with van der Waals surface area (Å²) in [7, 11) is 0. The van der Waals surface area contributed by atoms with Crippen LogP contribution in [0.5, 0.6) is 17.2 Å². The number of carbonyl (C=O) groups excluding carboxylic acids is 3. The van der Waals surface area contributed by atoms with Crippen molar-refractivity contribution < 1.29 is 39.2 Å². The average molecular weight is 446 g/mol. The number of hydrogen-bond acceptors (Lipinski definition) is 8. The van der Waals surface area contributed by atoms with Crippen LogP contribution in [0.4, 0.5) is 0 Å². The van der Waals surface area contributed by atoms with Crippen LogP contribution in [0.2, 0.25) is 0 Å². The number of fused-ring (bicyclic) bond motifs is 3. The van der Waals surface area contributed by atoms with Crippen molar-refractivity contribution in [3.63, 3.8) is 0 Å². The summed E-state index contributed by atoms with van der Waals surface area (Å²) in [6.45, 7) is 9.47. The Bertz CT molecular complexity index is 1050. The summed E-state index contributed by atoms with van der Waals surface area (Å²) >= 11 is 0. The van der Waals surface area contributed by atoms with E-state index in [4.69, 9.17) is 9.47 Å². The molecule has 2 atom stereocenters. The maximum Gasteiger partial charge on any atom is 0.308 e. The van der Waals surface area contributed by atoms with Gasteiger partial charge in [-0.15, -0.1) is 0 Å². The Morgan fingerprint density at radius 3 is 2.22 bits per heavy atom. The minimum atomic E-state index is -0.952. The van der Waals surface area contributed by atoms with Crippen molar-refractivity contribution in [3.05, 3.63) is 28.0 Å². The highest BCUT2D eigenvalue weighted by Crippen LogP contribution is 2.61. The molecule has 8 heteroatoms. The van der Waals surface area contributed by atoms with E-state index in [1.807, 2.05) is 20.8 Å². The number of benzene rings is 1. The van der Waals surface area contributed by atoms with Crippen LogP contribution < -0.4 is 4.74 Å². The van der Waals surface area contributed by atoms with Crippen molar-refractivity contribution in [2.75, 3.05) is 6.61 Å². The first-order valence-corrected chi connectivity index (χ1v) is 10.7.